The molecule has 182 valence electrons. The van der Waals surface area contributed by atoms with Crippen molar-refractivity contribution in [2.45, 2.75) is 39.8 Å². The molecule has 0 amide bonds. The fourth-order valence-corrected chi connectivity index (χ4v) is 5.21. The fraction of sp³-hybridized carbons (Fsp3) is 0.200. The summed E-state index contributed by atoms with van der Waals surface area (Å²) in [6.07, 6.45) is 0. The van der Waals surface area contributed by atoms with Crippen LogP contribution in [-0.4, -0.2) is 19.3 Å². The summed E-state index contributed by atoms with van der Waals surface area (Å²) in [6, 6.07) is 21.8. The Kier molecular flexibility index (Phi) is 5.88. The van der Waals surface area contributed by atoms with E-state index < -0.39 is 17.0 Å². The minimum absolute atomic E-state index is 0.0738. The van der Waals surface area contributed by atoms with E-state index >= 15 is 0 Å². The van der Waals surface area contributed by atoms with Gasteiger partial charge in [0.1, 0.15) is 11.5 Å². The molecule has 0 saturated heterocycles. The first-order valence-corrected chi connectivity index (χ1v) is 12.1. The van der Waals surface area contributed by atoms with Crippen LogP contribution in [0.15, 0.2) is 82.4 Å². The zero-order valence-corrected chi connectivity index (χ0v) is 20.5. The summed E-state index contributed by atoms with van der Waals surface area (Å²) in [6.45, 7) is 6.46. The van der Waals surface area contributed by atoms with Crippen LogP contribution in [0.5, 0.6) is 11.5 Å². The van der Waals surface area contributed by atoms with E-state index in [1.54, 1.807) is 45.5 Å². The van der Waals surface area contributed by atoms with Gasteiger partial charge in [0.05, 0.1) is 28.1 Å². The third-order valence-corrected chi connectivity index (χ3v) is 6.98. The zero-order valence-electron chi connectivity index (χ0n) is 20.5. The molecule has 0 spiro atoms. The molecule has 2 aromatic heterocycles. The molecule has 0 atom stereocenters. The van der Waals surface area contributed by atoms with E-state index in [4.69, 9.17) is 0 Å². The zero-order chi connectivity index (χ0) is 25.6. The predicted molar refractivity (Wildman–Crippen MR) is 143 cm³/mol. The summed E-state index contributed by atoms with van der Waals surface area (Å²) >= 11 is 0. The lowest BCUT2D eigenvalue weighted by Crippen LogP contribution is -2.31. The first-order chi connectivity index (χ1) is 17.4. The van der Waals surface area contributed by atoms with Gasteiger partial charge in [-0.15, -0.1) is 0 Å². The molecule has 0 radical (unpaired) electrons. The third-order valence-electron chi connectivity index (χ3n) is 6.98. The van der Waals surface area contributed by atoms with Crippen LogP contribution in [0.2, 0.25) is 0 Å². The van der Waals surface area contributed by atoms with Crippen molar-refractivity contribution >= 4 is 21.8 Å². The molecule has 0 fully saturated rings. The van der Waals surface area contributed by atoms with Crippen molar-refractivity contribution in [1.82, 2.24) is 9.13 Å². The van der Waals surface area contributed by atoms with Gasteiger partial charge >= 0.3 is 0 Å². The SMILES string of the molecule is CCn1c(=O)c(C(c2ccc(C)cc2)c2c(O)c3ccccc3n(CC)c2=O)c(O)c2ccccc21. The van der Waals surface area contributed by atoms with Crippen LogP contribution in [0.3, 0.4) is 0 Å². The van der Waals surface area contributed by atoms with Gasteiger partial charge in [0.15, 0.2) is 0 Å². The van der Waals surface area contributed by atoms with Gasteiger partial charge in [-0.25, -0.2) is 0 Å². The van der Waals surface area contributed by atoms with Gasteiger partial charge in [-0.05, 0) is 50.6 Å². The molecule has 0 aliphatic carbocycles. The van der Waals surface area contributed by atoms with Gasteiger partial charge in [-0.3, -0.25) is 9.59 Å². The molecule has 5 aromatic rings. The number of hydrogen-bond acceptors (Lipinski definition) is 4. The van der Waals surface area contributed by atoms with Crippen molar-refractivity contribution in [1.29, 1.82) is 0 Å². The van der Waals surface area contributed by atoms with E-state index in [1.165, 1.54) is 0 Å². The van der Waals surface area contributed by atoms with Crippen molar-refractivity contribution in [2.24, 2.45) is 0 Å². The Labute approximate surface area is 208 Å². The number of rotatable bonds is 5. The van der Waals surface area contributed by atoms with E-state index in [9.17, 15) is 19.8 Å². The molecular weight excluding hydrogens is 452 g/mol. The molecule has 0 saturated carbocycles. The molecule has 0 aliphatic rings. The van der Waals surface area contributed by atoms with Crippen LogP contribution < -0.4 is 11.1 Å². The number of nitrogens with zero attached hydrogens (tertiary/aromatic N) is 2. The van der Waals surface area contributed by atoms with E-state index in [0.717, 1.165) is 5.56 Å². The number of aromatic nitrogens is 2. The monoisotopic (exact) mass is 480 g/mol. The Morgan fingerprint density at radius 3 is 1.50 bits per heavy atom. The topological polar surface area (TPSA) is 84.5 Å². The lowest BCUT2D eigenvalue weighted by atomic mass is 9.83. The van der Waals surface area contributed by atoms with Gasteiger partial charge in [0, 0.05) is 23.9 Å². The molecule has 3 aromatic carbocycles. The number of pyridine rings is 2. The lowest BCUT2D eigenvalue weighted by Gasteiger charge is -2.24. The maximum absolute atomic E-state index is 13.9. The second-order valence-electron chi connectivity index (χ2n) is 9.00. The number of benzene rings is 3. The van der Waals surface area contributed by atoms with Gasteiger partial charge in [0.25, 0.3) is 11.1 Å². The Morgan fingerprint density at radius 1 is 0.667 bits per heavy atom. The van der Waals surface area contributed by atoms with Crippen LogP contribution >= 0.6 is 0 Å². The highest BCUT2D eigenvalue weighted by atomic mass is 16.3. The van der Waals surface area contributed by atoms with Gasteiger partial charge in [-0.2, -0.15) is 0 Å². The summed E-state index contributed by atoms with van der Waals surface area (Å²) in [7, 11) is 0. The molecule has 6 heteroatoms. The molecular formula is C30H28N2O4. The van der Waals surface area contributed by atoms with Crippen LogP contribution in [-0.2, 0) is 13.1 Å². The minimum atomic E-state index is -0.976. The highest BCUT2D eigenvalue weighted by Gasteiger charge is 2.32. The number of fused-ring (bicyclic) bond motifs is 2. The predicted octanol–water partition coefficient (Wildman–Crippen LogP) is 5.26. The standard InChI is InChI=1S/C30H28N2O4/c1-4-31-22-12-8-6-10-20(22)27(33)25(29(31)35)24(19-16-14-18(3)15-17-19)26-28(34)21-11-7-9-13-23(21)32(5-2)30(26)36/h6-17,24,33-34H,4-5H2,1-3H3. The smallest absolute Gasteiger partial charge is 0.258 e. The summed E-state index contributed by atoms with van der Waals surface area (Å²) < 4.78 is 3.20. The second kappa shape index (κ2) is 9.04. The molecule has 0 bridgehead atoms. The summed E-state index contributed by atoms with van der Waals surface area (Å²) in [5.41, 5.74) is 2.24. The summed E-state index contributed by atoms with van der Waals surface area (Å²) in [4.78, 5) is 27.9. The van der Waals surface area contributed by atoms with E-state index in [0.29, 0.717) is 40.5 Å². The van der Waals surface area contributed by atoms with Crippen LogP contribution in [0.4, 0.5) is 0 Å². The van der Waals surface area contributed by atoms with E-state index in [1.807, 2.05) is 57.2 Å². The molecule has 5 rings (SSSR count). The van der Waals surface area contributed by atoms with Gasteiger partial charge in [-0.1, -0.05) is 54.1 Å². The molecule has 2 heterocycles. The summed E-state index contributed by atoms with van der Waals surface area (Å²) in [5.74, 6) is -1.34. The van der Waals surface area contributed by atoms with Gasteiger partial charge in [0.2, 0.25) is 0 Å². The highest BCUT2D eigenvalue weighted by molar-refractivity contribution is 5.89. The van der Waals surface area contributed by atoms with Crippen molar-refractivity contribution in [3.05, 3.63) is 116 Å². The normalized spacial score (nSPS) is 11.6. The minimum Gasteiger partial charge on any atom is -0.507 e. The van der Waals surface area contributed by atoms with Crippen molar-refractivity contribution < 1.29 is 10.2 Å². The Balaban J connectivity index is 1.98. The highest BCUT2D eigenvalue weighted by Crippen LogP contribution is 2.41. The van der Waals surface area contributed by atoms with Crippen LogP contribution in [0, 0.1) is 6.92 Å². The molecule has 2 N–H and O–H groups in total. The van der Waals surface area contributed by atoms with Crippen molar-refractivity contribution in [3.63, 3.8) is 0 Å². The second-order valence-corrected chi connectivity index (χ2v) is 9.00. The molecule has 6 nitrogen and oxygen atoms in total. The van der Waals surface area contributed by atoms with E-state index in [-0.39, 0.29) is 22.6 Å². The maximum Gasteiger partial charge on any atom is 0.258 e. The maximum atomic E-state index is 13.9. The third kappa shape index (κ3) is 3.49. The molecule has 0 unspecified atom stereocenters. The average molecular weight is 481 g/mol. The fourth-order valence-electron chi connectivity index (χ4n) is 5.21. The van der Waals surface area contributed by atoms with Crippen LogP contribution in [0.1, 0.15) is 42.0 Å². The Bertz CT molecular complexity index is 1620. The van der Waals surface area contributed by atoms with Crippen LogP contribution in [0.25, 0.3) is 21.8 Å². The number of aryl methyl sites for hydroxylation is 3. The number of para-hydroxylation sites is 2. The summed E-state index contributed by atoms with van der Waals surface area (Å²) in [5, 5.41) is 24.1. The largest absolute Gasteiger partial charge is 0.507 e. The average Bonchev–Trinajstić information content (AvgIpc) is 2.89. The van der Waals surface area contributed by atoms with Crippen molar-refractivity contribution in [2.75, 3.05) is 0 Å². The van der Waals surface area contributed by atoms with Crippen molar-refractivity contribution in [3.8, 4) is 11.5 Å². The quantitative estimate of drug-likeness (QED) is 0.360. The molecule has 36 heavy (non-hydrogen) atoms. The Morgan fingerprint density at radius 2 is 1.08 bits per heavy atom. The number of hydrogen-bond donors (Lipinski definition) is 2. The van der Waals surface area contributed by atoms with Gasteiger partial charge < -0.3 is 19.3 Å². The molecule has 0 aliphatic heterocycles. The first-order valence-electron chi connectivity index (χ1n) is 12.1. The lowest BCUT2D eigenvalue weighted by molar-refractivity contribution is 0.459. The Hall–Kier alpha value is -4.32. The number of aromatic hydroxyl groups is 2. The first kappa shape index (κ1) is 23.4. The van der Waals surface area contributed by atoms with E-state index in [2.05, 4.69) is 0 Å².